The van der Waals surface area contributed by atoms with Crippen molar-refractivity contribution in [2.45, 2.75) is 44.9 Å². The van der Waals surface area contributed by atoms with E-state index >= 15 is 0 Å². The number of nitrogens with one attached hydrogen (secondary N) is 1. The quantitative estimate of drug-likeness (QED) is 0.912. The number of fused-ring (bicyclic) bond motifs is 1. The van der Waals surface area contributed by atoms with Gasteiger partial charge in [-0.25, -0.2) is 0 Å². The molecule has 0 bridgehead atoms. The highest BCUT2D eigenvalue weighted by Gasteiger charge is 2.49. The molecule has 4 rings (SSSR count). The number of hydrogen-bond acceptors (Lipinski definition) is 3. The van der Waals surface area contributed by atoms with E-state index in [9.17, 15) is 4.79 Å². The van der Waals surface area contributed by atoms with E-state index in [0.29, 0.717) is 17.5 Å². The molecular formula is C18H28N4O. The highest BCUT2D eigenvalue weighted by Crippen LogP contribution is 2.41. The summed E-state index contributed by atoms with van der Waals surface area (Å²) in [5.74, 6) is 1.29. The van der Waals surface area contributed by atoms with Crippen LogP contribution < -0.4 is 0 Å². The van der Waals surface area contributed by atoms with Gasteiger partial charge in [0.05, 0.1) is 0 Å². The third-order valence-electron chi connectivity index (χ3n) is 6.29. The molecule has 2 atom stereocenters. The van der Waals surface area contributed by atoms with Gasteiger partial charge in [0.1, 0.15) is 5.69 Å². The number of H-pyrrole nitrogens is 1. The molecule has 1 N–H and O–H groups in total. The monoisotopic (exact) mass is 316 g/mol. The van der Waals surface area contributed by atoms with Gasteiger partial charge < -0.3 is 9.80 Å². The number of nitrogens with zero attached hydrogens (tertiary/aromatic N) is 3. The molecule has 0 spiro atoms. The molecule has 1 aromatic rings. The Balaban J connectivity index is 1.45. The average molecular weight is 316 g/mol. The molecule has 1 amide bonds. The van der Waals surface area contributed by atoms with Crippen LogP contribution in [0, 0.1) is 11.3 Å². The fourth-order valence-corrected chi connectivity index (χ4v) is 5.02. The SMILES string of the molecule is CN1C[C@@H]2CN(C(=O)c3cc(C4CCCCC4)[nH]n3)C[C@]2(C)C1. The van der Waals surface area contributed by atoms with Crippen LogP contribution in [0.2, 0.25) is 0 Å². The minimum atomic E-state index is 0.113. The Hall–Kier alpha value is -1.36. The van der Waals surface area contributed by atoms with E-state index in [-0.39, 0.29) is 11.3 Å². The Bertz CT molecular complexity index is 592. The molecule has 23 heavy (non-hydrogen) atoms. The molecule has 2 saturated heterocycles. The maximum atomic E-state index is 12.8. The first kappa shape index (κ1) is 15.2. The second-order valence-corrected chi connectivity index (χ2v) is 8.28. The van der Waals surface area contributed by atoms with Crippen molar-refractivity contribution in [2.24, 2.45) is 11.3 Å². The van der Waals surface area contributed by atoms with Gasteiger partial charge in [-0.3, -0.25) is 9.89 Å². The van der Waals surface area contributed by atoms with E-state index in [4.69, 9.17) is 0 Å². The largest absolute Gasteiger partial charge is 0.336 e. The molecule has 0 radical (unpaired) electrons. The summed E-state index contributed by atoms with van der Waals surface area (Å²) in [4.78, 5) is 17.2. The van der Waals surface area contributed by atoms with Crippen LogP contribution in [0.25, 0.3) is 0 Å². The van der Waals surface area contributed by atoms with Crippen LogP contribution in [0.15, 0.2) is 6.07 Å². The first-order chi connectivity index (χ1) is 11.0. The van der Waals surface area contributed by atoms with Crippen LogP contribution in [0.3, 0.4) is 0 Å². The first-order valence-corrected chi connectivity index (χ1v) is 9.08. The van der Waals surface area contributed by atoms with Gasteiger partial charge in [0.2, 0.25) is 0 Å². The number of likely N-dealkylation sites (tertiary alicyclic amines) is 2. The predicted molar refractivity (Wildman–Crippen MR) is 89.4 cm³/mol. The van der Waals surface area contributed by atoms with Crippen LogP contribution in [0.5, 0.6) is 0 Å². The molecule has 0 aromatic carbocycles. The first-order valence-electron chi connectivity index (χ1n) is 9.08. The van der Waals surface area contributed by atoms with Crippen LogP contribution in [-0.2, 0) is 0 Å². The highest BCUT2D eigenvalue weighted by molar-refractivity contribution is 5.92. The molecule has 1 aliphatic carbocycles. The molecule has 3 heterocycles. The van der Waals surface area contributed by atoms with Crippen molar-refractivity contribution < 1.29 is 4.79 Å². The standard InChI is InChI=1S/C18H28N4O/c1-18-11-21(2)9-14(18)10-22(12-18)17(23)16-8-15(19-20-16)13-6-4-3-5-7-13/h8,13-14H,3-7,9-12H2,1-2H3,(H,19,20)/t14-,18+/m1/s1. The fraction of sp³-hybridized carbons (Fsp3) is 0.778. The third-order valence-corrected chi connectivity index (χ3v) is 6.29. The Kier molecular flexibility index (Phi) is 3.71. The Morgan fingerprint density at radius 1 is 1.26 bits per heavy atom. The number of carbonyl (C=O) groups is 1. The summed E-state index contributed by atoms with van der Waals surface area (Å²) in [6.45, 7) is 6.27. The van der Waals surface area contributed by atoms with Crippen LogP contribution in [-0.4, -0.2) is 59.1 Å². The van der Waals surface area contributed by atoms with Crippen molar-refractivity contribution in [3.63, 3.8) is 0 Å². The maximum absolute atomic E-state index is 12.8. The summed E-state index contributed by atoms with van der Waals surface area (Å²) in [5.41, 5.74) is 2.04. The van der Waals surface area contributed by atoms with Crippen molar-refractivity contribution in [2.75, 3.05) is 33.2 Å². The lowest BCUT2D eigenvalue weighted by molar-refractivity contribution is 0.0759. The molecule has 3 fully saturated rings. The number of hydrogen-bond donors (Lipinski definition) is 1. The van der Waals surface area contributed by atoms with E-state index in [2.05, 4.69) is 29.1 Å². The van der Waals surface area contributed by atoms with Gasteiger partial charge in [-0.1, -0.05) is 26.2 Å². The summed E-state index contributed by atoms with van der Waals surface area (Å²) in [7, 11) is 2.18. The Morgan fingerprint density at radius 2 is 2.04 bits per heavy atom. The summed E-state index contributed by atoms with van der Waals surface area (Å²) in [6.07, 6.45) is 6.40. The number of aromatic amines is 1. The zero-order chi connectivity index (χ0) is 16.0. The maximum Gasteiger partial charge on any atom is 0.274 e. The van der Waals surface area contributed by atoms with Crippen molar-refractivity contribution >= 4 is 5.91 Å². The molecule has 2 aliphatic heterocycles. The van der Waals surface area contributed by atoms with Gasteiger partial charge in [-0.15, -0.1) is 0 Å². The van der Waals surface area contributed by atoms with Crippen molar-refractivity contribution in [3.05, 3.63) is 17.5 Å². The van der Waals surface area contributed by atoms with Gasteiger partial charge >= 0.3 is 0 Å². The van der Waals surface area contributed by atoms with Crippen molar-refractivity contribution in [3.8, 4) is 0 Å². The second-order valence-electron chi connectivity index (χ2n) is 8.28. The van der Waals surface area contributed by atoms with Crippen LogP contribution in [0.4, 0.5) is 0 Å². The predicted octanol–water partition coefficient (Wildman–Crippen LogP) is 2.48. The van der Waals surface area contributed by atoms with E-state index < -0.39 is 0 Å². The fourth-order valence-electron chi connectivity index (χ4n) is 5.02. The molecule has 5 heteroatoms. The molecule has 3 aliphatic rings. The number of carbonyl (C=O) groups excluding carboxylic acids is 1. The molecular weight excluding hydrogens is 288 g/mol. The van der Waals surface area contributed by atoms with Gasteiger partial charge in [0.25, 0.3) is 5.91 Å². The third kappa shape index (κ3) is 2.69. The zero-order valence-electron chi connectivity index (χ0n) is 14.3. The summed E-state index contributed by atoms with van der Waals surface area (Å²) in [6, 6.07) is 2.01. The minimum Gasteiger partial charge on any atom is -0.336 e. The van der Waals surface area contributed by atoms with Crippen molar-refractivity contribution in [1.82, 2.24) is 20.0 Å². The van der Waals surface area contributed by atoms with Gasteiger partial charge in [0.15, 0.2) is 0 Å². The molecule has 0 unspecified atom stereocenters. The van der Waals surface area contributed by atoms with Gasteiger partial charge in [0, 0.05) is 43.2 Å². The molecule has 5 nitrogen and oxygen atoms in total. The average Bonchev–Trinajstić information content (AvgIpc) is 3.19. The van der Waals surface area contributed by atoms with Crippen molar-refractivity contribution in [1.29, 1.82) is 0 Å². The Labute approximate surface area is 138 Å². The van der Waals surface area contributed by atoms with Crippen LogP contribution in [0.1, 0.15) is 61.1 Å². The minimum absolute atomic E-state index is 0.113. The lowest BCUT2D eigenvalue weighted by atomic mass is 9.83. The summed E-state index contributed by atoms with van der Waals surface area (Å²) < 4.78 is 0. The Morgan fingerprint density at radius 3 is 2.78 bits per heavy atom. The topological polar surface area (TPSA) is 52.2 Å². The molecule has 126 valence electrons. The van der Waals surface area contributed by atoms with Crippen LogP contribution >= 0.6 is 0 Å². The smallest absolute Gasteiger partial charge is 0.274 e. The normalized spacial score (nSPS) is 32.4. The van der Waals surface area contributed by atoms with E-state index in [1.807, 2.05) is 11.0 Å². The molecule has 1 aromatic heterocycles. The summed E-state index contributed by atoms with van der Waals surface area (Å²) in [5, 5.41) is 7.48. The number of aromatic nitrogens is 2. The lowest BCUT2D eigenvalue weighted by Gasteiger charge is -2.23. The van der Waals surface area contributed by atoms with Gasteiger partial charge in [-0.05, 0) is 31.9 Å². The number of amides is 1. The number of rotatable bonds is 2. The van der Waals surface area contributed by atoms with E-state index in [0.717, 1.165) is 26.2 Å². The summed E-state index contributed by atoms with van der Waals surface area (Å²) >= 11 is 0. The van der Waals surface area contributed by atoms with E-state index in [1.165, 1.54) is 37.8 Å². The molecule has 1 saturated carbocycles. The van der Waals surface area contributed by atoms with E-state index in [1.54, 1.807) is 0 Å². The highest BCUT2D eigenvalue weighted by atomic mass is 16.2. The second kappa shape index (κ2) is 5.62. The zero-order valence-corrected chi connectivity index (χ0v) is 14.3. The van der Waals surface area contributed by atoms with Gasteiger partial charge in [-0.2, -0.15) is 5.10 Å². The lowest BCUT2D eigenvalue weighted by Crippen LogP contribution is -2.34.